The molecule has 4 heteroatoms. The summed E-state index contributed by atoms with van der Waals surface area (Å²) in [5, 5.41) is 8.61. The largest absolute Gasteiger partial charge is 0.481 e. The summed E-state index contributed by atoms with van der Waals surface area (Å²) in [5.41, 5.74) is 0.719. The first-order chi connectivity index (χ1) is 7.22. The zero-order chi connectivity index (χ0) is 11.1. The Morgan fingerprint density at radius 1 is 1.47 bits per heavy atom. The molecule has 0 amide bonds. The smallest absolute Gasteiger partial charge is 0.307 e. The minimum atomic E-state index is -0.850. The van der Waals surface area contributed by atoms with Gasteiger partial charge in [0.25, 0.3) is 0 Å². The normalized spacial score (nSPS) is 9.93. The first-order valence-corrected chi connectivity index (χ1v) is 4.73. The van der Waals surface area contributed by atoms with Gasteiger partial charge in [0.05, 0.1) is 6.42 Å². The Balaban J connectivity index is 2.53. The topological polar surface area (TPSA) is 55.8 Å². The van der Waals surface area contributed by atoms with Crippen LogP contribution in [0.15, 0.2) is 24.3 Å². The number of benzene rings is 1. The molecule has 4 nitrogen and oxygen atoms in total. The molecule has 0 atom stereocenters. The van der Waals surface area contributed by atoms with Gasteiger partial charge < -0.3 is 14.6 Å². The number of carboxylic acid groups (broad SMARTS) is 1. The van der Waals surface area contributed by atoms with Gasteiger partial charge in [0, 0.05) is 6.61 Å². The van der Waals surface area contributed by atoms with Crippen LogP contribution in [0.5, 0.6) is 5.75 Å². The summed E-state index contributed by atoms with van der Waals surface area (Å²) < 4.78 is 10.3. The van der Waals surface area contributed by atoms with Crippen molar-refractivity contribution >= 4 is 5.97 Å². The maximum atomic E-state index is 10.5. The van der Waals surface area contributed by atoms with E-state index < -0.39 is 5.97 Å². The lowest BCUT2D eigenvalue weighted by Crippen LogP contribution is -2.03. The predicted molar refractivity (Wildman–Crippen MR) is 54.9 cm³/mol. The van der Waals surface area contributed by atoms with E-state index in [4.69, 9.17) is 14.6 Å². The minimum Gasteiger partial charge on any atom is -0.481 e. The van der Waals surface area contributed by atoms with E-state index in [1.54, 1.807) is 24.3 Å². The van der Waals surface area contributed by atoms with Crippen molar-refractivity contribution in [2.75, 3.05) is 13.4 Å². The second kappa shape index (κ2) is 6.03. The lowest BCUT2D eigenvalue weighted by molar-refractivity contribution is -0.136. The molecular weight excluding hydrogens is 196 g/mol. The molecule has 0 unspecified atom stereocenters. The lowest BCUT2D eigenvalue weighted by atomic mass is 10.1. The number of aliphatic carboxylic acids is 1. The van der Waals surface area contributed by atoms with E-state index in [1.807, 2.05) is 6.92 Å². The van der Waals surface area contributed by atoms with E-state index in [0.717, 1.165) is 5.56 Å². The van der Waals surface area contributed by atoms with Crippen LogP contribution < -0.4 is 4.74 Å². The molecule has 0 aromatic heterocycles. The van der Waals surface area contributed by atoms with Crippen molar-refractivity contribution in [3.63, 3.8) is 0 Å². The molecule has 82 valence electrons. The van der Waals surface area contributed by atoms with Crippen molar-refractivity contribution in [1.29, 1.82) is 0 Å². The highest BCUT2D eigenvalue weighted by Crippen LogP contribution is 2.13. The first kappa shape index (κ1) is 11.5. The van der Waals surface area contributed by atoms with Crippen LogP contribution in [-0.4, -0.2) is 24.5 Å². The molecule has 0 aliphatic rings. The average molecular weight is 210 g/mol. The zero-order valence-electron chi connectivity index (χ0n) is 8.60. The maximum Gasteiger partial charge on any atom is 0.307 e. The Bertz CT molecular complexity index is 322. The van der Waals surface area contributed by atoms with Crippen LogP contribution in [-0.2, 0) is 16.0 Å². The molecular formula is C11H14O4. The fourth-order valence-corrected chi connectivity index (χ4v) is 1.11. The molecule has 0 spiro atoms. The molecule has 0 aliphatic heterocycles. The van der Waals surface area contributed by atoms with Gasteiger partial charge in [-0.3, -0.25) is 4.79 Å². The lowest BCUT2D eigenvalue weighted by Gasteiger charge is -2.06. The molecule has 0 saturated heterocycles. The minimum absolute atomic E-state index is 0.00579. The highest BCUT2D eigenvalue weighted by molar-refractivity contribution is 5.70. The molecule has 0 radical (unpaired) electrons. The van der Waals surface area contributed by atoms with Gasteiger partial charge in [0.1, 0.15) is 5.75 Å². The second-order valence-electron chi connectivity index (χ2n) is 2.97. The van der Waals surface area contributed by atoms with Gasteiger partial charge in [-0.05, 0) is 24.6 Å². The SMILES string of the molecule is CCOCOc1cccc(CC(=O)O)c1. The molecule has 0 fully saturated rings. The van der Waals surface area contributed by atoms with Crippen molar-refractivity contribution in [3.8, 4) is 5.75 Å². The monoisotopic (exact) mass is 210 g/mol. The number of rotatable bonds is 6. The molecule has 1 rings (SSSR count). The van der Waals surface area contributed by atoms with Crippen LogP contribution in [0.25, 0.3) is 0 Å². The van der Waals surface area contributed by atoms with Crippen molar-refractivity contribution < 1.29 is 19.4 Å². The van der Waals surface area contributed by atoms with E-state index in [9.17, 15) is 4.79 Å². The third kappa shape index (κ3) is 4.46. The fraction of sp³-hybridized carbons (Fsp3) is 0.364. The van der Waals surface area contributed by atoms with Crippen molar-refractivity contribution in [1.82, 2.24) is 0 Å². The highest BCUT2D eigenvalue weighted by atomic mass is 16.7. The molecule has 0 heterocycles. The van der Waals surface area contributed by atoms with Crippen LogP contribution in [0.4, 0.5) is 0 Å². The Labute approximate surface area is 88.4 Å². The van der Waals surface area contributed by atoms with Crippen molar-refractivity contribution in [2.45, 2.75) is 13.3 Å². The summed E-state index contributed by atoms with van der Waals surface area (Å²) in [6.07, 6.45) is 0.00579. The van der Waals surface area contributed by atoms with Gasteiger partial charge in [-0.25, -0.2) is 0 Å². The zero-order valence-corrected chi connectivity index (χ0v) is 8.60. The van der Waals surface area contributed by atoms with Gasteiger partial charge in [0.15, 0.2) is 6.79 Å². The first-order valence-electron chi connectivity index (χ1n) is 4.73. The average Bonchev–Trinajstić information content (AvgIpc) is 2.18. The molecule has 0 aliphatic carbocycles. The van der Waals surface area contributed by atoms with Crippen molar-refractivity contribution in [3.05, 3.63) is 29.8 Å². The van der Waals surface area contributed by atoms with Crippen LogP contribution in [0.1, 0.15) is 12.5 Å². The van der Waals surface area contributed by atoms with E-state index >= 15 is 0 Å². The summed E-state index contributed by atoms with van der Waals surface area (Å²) in [6.45, 7) is 2.66. The van der Waals surface area contributed by atoms with Crippen LogP contribution in [0.2, 0.25) is 0 Å². The van der Waals surface area contributed by atoms with E-state index in [-0.39, 0.29) is 13.2 Å². The Morgan fingerprint density at radius 3 is 2.93 bits per heavy atom. The van der Waals surface area contributed by atoms with E-state index in [2.05, 4.69) is 0 Å². The van der Waals surface area contributed by atoms with Crippen molar-refractivity contribution in [2.24, 2.45) is 0 Å². The Hall–Kier alpha value is -1.55. The standard InChI is InChI=1S/C11H14O4/c1-2-14-8-15-10-5-3-4-9(6-10)7-11(12)13/h3-6H,2,7-8H2,1H3,(H,12,13). The highest BCUT2D eigenvalue weighted by Gasteiger charge is 2.01. The number of ether oxygens (including phenoxy) is 2. The van der Waals surface area contributed by atoms with E-state index in [1.165, 1.54) is 0 Å². The van der Waals surface area contributed by atoms with Gasteiger partial charge >= 0.3 is 5.97 Å². The number of carbonyl (C=O) groups is 1. The predicted octanol–water partition coefficient (Wildman–Crippen LogP) is 1.69. The summed E-state index contributed by atoms with van der Waals surface area (Å²) in [5.74, 6) is -0.223. The van der Waals surface area contributed by atoms with Gasteiger partial charge in [0.2, 0.25) is 0 Å². The fourth-order valence-electron chi connectivity index (χ4n) is 1.11. The quantitative estimate of drug-likeness (QED) is 0.573. The van der Waals surface area contributed by atoms with Crippen LogP contribution in [0.3, 0.4) is 0 Å². The second-order valence-corrected chi connectivity index (χ2v) is 2.97. The Kier molecular flexibility index (Phi) is 4.63. The van der Waals surface area contributed by atoms with Gasteiger partial charge in [-0.15, -0.1) is 0 Å². The summed E-state index contributed by atoms with van der Waals surface area (Å²) in [4.78, 5) is 10.5. The van der Waals surface area contributed by atoms with Gasteiger partial charge in [-0.1, -0.05) is 12.1 Å². The molecule has 15 heavy (non-hydrogen) atoms. The summed E-state index contributed by atoms with van der Waals surface area (Å²) in [7, 11) is 0. The molecule has 0 saturated carbocycles. The number of hydrogen-bond donors (Lipinski definition) is 1. The third-order valence-corrected chi connectivity index (χ3v) is 1.77. The molecule has 1 N–H and O–H groups in total. The molecule has 1 aromatic carbocycles. The number of hydrogen-bond acceptors (Lipinski definition) is 3. The summed E-state index contributed by atoms with van der Waals surface area (Å²) >= 11 is 0. The van der Waals surface area contributed by atoms with Crippen LogP contribution >= 0.6 is 0 Å². The summed E-state index contributed by atoms with van der Waals surface area (Å²) in [6, 6.07) is 6.98. The van der Waals surface area contributed by atoms with Gasteiger partial charge in [-0.2, -0.15) is 0 Å². The van der Waals surface area contributed by atoms with E-state index in [0.29, 0.717) is 12.4 Å². The Morgan fingerprint density at radius 2 is 2.27 bits per heavy atom. The molecule has 0 bridgehead atoms. The maximum absolute atomic E-state index is 10.5. The number of carboxylic acids is 1. The van der Waals surface area contributed by atoms with Crippen LogP contribution in [0, 0.1) is 0 Å². The molecule has 1 aromatic rings. The third-order valence-electron chi connectivity index (χ3n) is 1.77.